The lowest BCUT2D eigenvalue weighted by molar-refractivity contribution is -0.139. The first-order chi connectivity index (χ1) is 13.7. The number of carbonyl (C=O) groups is 3. The number of amides is 2. The third-order valence-electron chi connectivity index (χ3n) is 3.60. The number of halogens is 2. The second-order valence-electron chi connectivity index (χ2n) is 5.82. The summed E-state index contributed by atoms with van der Waals surface area (Å²) in [5.41, 5.74) is 1.37. The SMILES string of the molecule is Cc1nc(-c2cc(NC(=O)CC(=O)O)ccc2NC(=O)c2cc(Br)c(Br)[nH]2)no1. The standard InChI is InChI=1S/C17H13Br2N5O5/c1-7-20-16(24-29-7)9-4-8(21-13(25)6-14(26)27)2-3-11(9)23-17(28)12-5-10(18)15(19)22-12/h2-5,22H,6H2,1H3,(H,21,25)(H,23,28)(H,26,27). The highest BCUT2D eigenvalue weighted by Gasteiger charge is 2.18. The van der Waals surface area contributed by atoms with E-state index in [1.54, 1.807) is 19.1 Å². The number of carboxylic acid groups (broad SMARTS) is 1. The van der Waals surface area contributed by atoms with Crippen LogP contribution >= 0.6 is 31.9 Å². The van der Waals surface area contributed by atoms with Gasteiger partial charge in [-0.3, -0.25) is 14.4 Å². The minimum atomic E-state index is -1.25. The van der Waals surface area contributed by atoms with Gasteiger partial charge in [0.2, 0.25) is 17.6 Å². The van der Waals surface area contributed by atoms with E-state index in [4.69, 9.17) is 9.63 Å². The van der Waals surface area contributed by atoms with E-state index in [0.29, 0.717) is 37.6 Å². The third kappa shape index (κ3) is 5.09. The van der Waals surface area contributed by atoms with Gasteiger partial charge in [-0.2, -0.15) is 4.98 Å². The normalized spacial score (nSPS) is 10.6. The van der Waals surface area contributed by atoms with Gasteiger partial charge in [0, 0.05) is 18.2 Å². The molecule has 0 saturated heterocycles. The Morgan fingerprint density at radius 3 is 2.55 bits per heavy atom. The molecule has 0 radical (unpaired) electrons. The van der Waals surface area contributed by atoms with Crippen molar-refractivity contribution < 1.29 is 24.0 Å². The smallest absolute Gasteiger partial charge is 0.312 e. The van der Waals surface area contributed by atoms with E-state index in [-0.39, 0.29) is 5.82 Å². The van der Waals surface area contributed by atoms with E-state index in [1.165, 1.54) is 12.1 Å². The highest BCUT2D eigenvalue weighted by atomic mass is 79.9. The van der Waals surface area contributed by atoms with Crippen LogP contribution in [0.2, 0.25) is 0 Å². The van der Waals surface area contributed by atoms with Gasteiger partial charge in [0.25, 0.3) is 5.91 Å². The number of aryl methyl sites for hydroxylation is 1. The number of nitrogens with zero attached hydrogens (tertiary/aromatic N) is 2. The minimum absolute atomic E-state index is 0.195. The quantitative estimate of drug-likeness (QED) is 0.358. The number of carbonyl (C=O) groups excluding carboxylic acids is 2. The van der Waals surface area contributed by atoms with Crippen molar-refractivity contribution in [2.75, 3.05) is 10.6 Å². The molecule has 150 valence electrons. The average Bonchev–Trinajstić information content (AvgIpc) is 3.21. The van der Waals surface area contributed by atoms with Gasteiger partial charge in [-0.15, -0.1) is 0 Å². The number of rotatable bonds is 6. The molecule has 2 amide bonds. The van der Waals surface area contributed by atoms with Crippen LogP contribution in [-0.2, 0) is 9.59 Å². The monoisotopic (exact) mass is 525 g/mol. The van der Waals surface area contributed by atoms with Crippen LogP contribution in [0.15, 0.2) is 37.9 Å². The Bertz CT molecular complexity index is 1090. The lowest BCUT2D eigenvalue weighted by atomic mass is 10.1. The zero-order valence-electron chi connectivity index (χ0n) is 14.7. The number of carboxylic acids is 1. The Morgan fingerprint density at radius 1 is 1.21 bits per heavy atom. The zero-order valence-corrected chi connectivity index (χ0v) is 17.9. The van der Waals surface area contributed by atoms with Crippen molar-refractivity contribution in [1.82, 2.24) is 15.1 Å². The maximum Gasteiger partial charge on any atom is 0.312 e. The summed E-state index contributed by atoms with van der Waals surface area (Å²) in [6.07, 6.45) is -0.675. The molecule has 0 saturated carbocycles. The molecule has 3 rings (SSSR count). The van der Waals surface area contributed by atoms with Crippen LogP contribution in [0.4, 0.5) is 11.4 Å². The molecular formula is C17H13Br2N5O5. The maximum absolute atomic E-state index is 12.6. The molecule has 29 heavy (non-hydrogen) atoms. The van der Waals surface area contributed by atoms with Crippen LogP contribution < -0.4 is 10.6 Å². The van der Waals surface area contributed by atoms with Crippen molar-refractivity contribution in [2.24, 2.45) is 0 Å². The fourth-order valence-electron chi connectivity index (χ4n) is 2.38. The van der Waals surface area contributed by atoms with Crippen molar-refractivity contribution in [1.29, 1.82) is 0 Å². The molecule has 1 aromatic carbocycles. The van der Waals surface area contributed by atoms with E-state index in [0.717, 1.165) is 0 Å². The second kappa shape index (κ2) is 8.57. The Balaban J connectivity index is 1.92. The van der Waals surface area contributed by atoms with Crippen LogP contribution in [-0.4, -0.2) is 38.0 Å². The average molecular weight is 527 g/mol. The summed E-state index contributed by atoms with van der Waals surface area (Å²) < 4.78 is 6.31. The molecule has 0 fully saturated rings. The Kier molecular flexibility index (Phi) is 6.13. The van der Waals surface area contributed by atoms with Gasteiger partial charge in [0.05, 0.1) is 14.8 Å². The fraction of sp³-hybridized carbons (Fsp3) is 0.118. The molecule has 10 nitrogen and oxygen atoms in total. The Hall–Kier alpha value is -2.99. The van der Waals surface area contributed by atoms with E-state index in [9.17, 15) is 14.4 Å². The first-order valence-electron chi connectivity index (χ1n) is 8.04. The molecule has 2 heterocycles. The van der Waals surface area contributed by atoms with E-state index >= 15 is 0 Å². The van der Waals surface area contributed by atoms with E-state index in [2.05, 4.69) is 57.6 Å². The number of hydrogen-bond acceptors (Lipinski definition) is 6. The predicted octanol–water partition coefficient (Wildman–Crippen LogP) is 3.56. The predicted molar refractivity (Wildman–Crippen MR) is 109 cm³/mol. The Labute approximate surface area is 180 Å². The molecule has 0 aliphatic heterocycles. The van der Waals surface area contributed by atoms with Crippen molar-refractivity contribution in [3.8, 4) is 11.4 Å². The number of aromatic amines is 1. The van der Waals surface area contributed by atoms with Gasteiger partial charge in [-0.05, 0) is 56.1 Å². The molecule has 0 aliphatic carbocycles. The van der Waals surface area contributed by atoms with Crippen molar-refractivity contribution >= 4 is 61.0 Å². The van der Waals surface area contributed by atoms with Crippen LogP contribution in [0.25, 0.3) is 11.4 Å². The molecule has 0 spiro atoms. The molecule has 12 heteroatoms. The van der Waals surface area contributed by atoms with Gasteiger partial charge < -0.3 is 25.2 Å². The van der Waals surface area contributed by atoms with Crippen molar-refractivity contribution in [2.45, 2.75) is 13.3 Å². The number of benzene rings is 1. The summed E-state index contributed by atoms with van der Waals surface area (Å²) in [5, 5.41) is 17.8. The summed E-state index contributed by atoms with van der Waals surface area (Å²) in [6.45, 7) is 1.61. The Morgan fingerprint density at radius 2 is 1.97 bits per heavy atom. The number of hydrogen-bond donors (Lipinski definition) is 4. The molecule has 2 aromatic heterocycles. The van der Waals surface area contributed by atoms with Gasteiger partial charge >= 0.3 is 5.97 Å². The zero-order chi connectivity index (χ0) is 21.1. The number of nitrogens with one attached hydrogen (secondary N) is 3. The molecule has 0 aliphatic rings. The number of aromatic nitrogens is 3. The van der Waals surface area contributed by atoms with Crippen molar-refractivity contribution in [3.05, 3.63) is 44.9 Å². The third-order valence-corrected chi connectivity index (χ3v) is 5.38. The summed E-state index contributed by atoms with van der Waals surface area (Å²) in [5.74, 6) is -1.84. The van der Waals surface area contributed by atoms with E-state index < -0.39 is 24.2 Å². The molecule has 3 aromatic rings. The summed E-state index contributed by atoms with van der Waals surface area (Å²) in [7, 11) is 0. The van der Waals surface area contributed by atoms with Crippen LogP contribution in [0.5, 0.6) is 0 Å². The largest absolute Gasteiger partial charge is 0.481 e. The molecule has 4 N–H and O–H groups in total. The minimum Gasteiger partial charge on any atom is -0.481 e. The van der Waals surface area contributed by atoms with Crippen LogP contribution in [0.1, 0.15) is 22.8 Å². The van der Waals surface area contributed by atoms with Gasteiger partial charge in [-0.25, -0.2) is 0 Å². The molecule has 0 bridgehead atoms. The number of anilines is 2. The summed E-state index contributed by atoms with van der Waals surface area (Å²) in [4.78, 5) is 42.0. The first kappa shape index (κ1) is 20.7. The summed E-state index contributed by atoms with van der Waals surface area (Å²) in [6, 6.07) is 6.19. The highest BCUT2D eigenvalue weighted by Crippen LogP contribution is 2.30. The molecule has 0 atom stereocenters. The fourth-order valence-corrected chi connectivity index (χ4v) is 3.04. The lowest BCUT2D eigenvalue weighted by Gasteiger charge is -2.11. The van der Waals surface area contributed by atoms with Crippen molar-refractivity contribution in [3.63, 3.8) is 0 Å². The maximum atomic E-state index is 12.6. The van der Waals surface area contributed by atoms with Crippen LogP contribution in [0.3, 0.4) is 0 Å². The first-order valence-corrected chi connectivity index (χ1v) is 9.63. The molecular weight excluding hydrogens is 514 g/mol. The summed E-state index contributed by atoms with van der Waals surface area (Å²) >= 11 is 6.58. The van der Waals surface area contributed by atoms with Gasteiger partial charge in [-0.1, -0.05) is 5.16 Å². The second-order valence-corrected chi connectivity index (χ2v) is 7.46. The van der Waals surface area contributed by atoms with Gasteiger partial charge in [0.15, 0.2) is 0 Å². The van der Waals surface area contributed by atoms with Gasteiger partial charge in [0.1, 0.15) is 12.1 Å². The van der Waals surface area contributed by atoms with E-state index in [1.807, 2.05) is 0 Å². The lowest BCUT2D eigenvalue weighted by Crippen LogP contribution is -2.16. The molecule has 0 unspecified atom stereocenters. The highest BCUT2D eigenvalue weighted by molar-refractivity contribution is 9.13. The number of H-pyrrole nitrogens is 1. The van der Waals surface area contributed by atoms with Crippen LogP contribution in [0, 0.1) is 6.92 Å². The topological polar surface area (TPSA) is 150 Å². The number of aliphatic carboxylic acids is 1.